The first-order valence-corrected chi connectivity index (χ1v) is 21.8. The number of nitrogens with one attached hydrogen (secondary N) is 3. The number of esters is 1. The molecule has 0 radical (unpaired) electrons. The van der Waals surface area contributed by atoms with Crippen molar-refractivity contribution in [2.75, 3.05) is 79.2 Å². The van der Waals surface area contributed by atoms with E-state index in [0.717, 1.165) is 12.0 Å². The third-order valence-corrected chi connectivity index (χ3v) is 9.52. The minimum Gasteiger partial charge on any atom is -0.480 e. The standard InChI is InChI=1S/C19H33N3O8.C15H26N2O6.C8H13N3O3/c1-18(2,3)29-16(26)21-8-9-22(17(27)30-19(4,5)6)13(10-21)14(24)20-12(11-23)15(25)28-7;1-14(2,3)22-12(20)16-7-8-17(10(9-16)11(18)19)13(21)23-15(4,5)6;12-4-5-8(14)11-2-1-9-3-6(11)7(13)10-5/h12-13,23H,8-11H2,1-7H3,(H,20,24);10H,7-9H2,1-6H3,(H,18,19);5-6,9,12H,1-4H2,(H,10,13)/t;;5-,6?/m..1/s1. The largest absolute Gasteiger partial charge is 0.480 e. The zero-order valence-electron chi connectivity index (χ0n) is 41.0. The number of aliphatic hydroxyl groups is 2. The van der Waals surface area contributed by atoms with Crippen LogP contribution in [0.4, 0.5) is 19.2 Å². The number of methoxy groups -OCH3 is 1. The predicted molar refractivity (Wildman–Crippen MR) is 235 cm³/mol. The molecule has 0 aromatic carbocycles. The van der Waals surface area contributed by atoms with E-state index >= 15 is 0 Å². The van der Waals surface area contributed by atoms with E-state index in [2.05, 4.69) is 20.7 Å². The number of carboxylic acid groups (broad SMARTS) is 1. The molecule has 4 aliphatic heterocycles. The van der Waals surface area contributed by atoms with Gasteiger partial charge in [0.25, 0.3) is 0 Å². The minimum absolute atomic E-state index is 0.0221. The molecule has 0 aromatic heterocycles. The van der Waals surface area contributed by atoms with E-state index in [-0.39, 0.29) is 57.7 Å². The number of amides is 7. The van der Waals surface area contributed by atoms with E-state index in [9.17, 15) is 53.4 Å². The zero-order valence-corrected chi connectivity index (χ0v) is 41.0. The average molecular weight is 961 g/mol. The van der Waals surface area contributed by atoms with Gasteiger partial charge in [-0.1, -0.05) is 0 Å². The van der Waals surface area contributed by atoms with Gasteiger partial charge in [-0.15, -0.1) is 0 Å². The summed E-state index contributed by atoms with van der Waals surface area (Å²) in [7, 11) is 1.12. The van der Waals surface area contributed by atoms with Crippen molar-refractivity contribution < 1.29 is 82.2 Å². The Hall–Kier alpha value is -5.69. The number of carboxylic acids is 1. The van der Waals surface area contributed by atoms with Crippen molar-refractivity contribution in [3.63, 3.8) is 0 Å². The molecule has 5 atom stereocenters. The number of carbonyl (C=O) groups excluding carboxylic acids is 8. The Morgan fingerprint density at radius 2 is 1.10 bits per heavy atom. The Morgan fingerprint density at radius 3 is 1.51 bits per heavy atom. The fraction of sp³-hybridized carbons (Fsp3) is 0.786. The smallest absolute Gasteiger partial charge is 0.411 e. The first-order chi connectivity index (χ1) is 30.7. The van der Waals surface area contributed by atoms with Crippen LogP contribution in [0.2, 0.25) is 0 Å². The number of hydrogen-bond donors (Lipinski definition) is 6. The van der Waals surface area contributed by atoms with Crippen LogP contribution in [-0.2, 0) is 47.7 Å². The van der Waals surface area contributed by atoms with Crippen molar-refractivity contribution >= 4 is 54.0 Å². The maximum Gasteiger partial charge on any atom is 0.411 e. The van der Waals surface area contributed by atoms with Crippen LogP contribution in [0.5, 0.6) is 0 Å². The van der Waals surface area contributed by atoms with Gasteiger partial charge in [-0.2, -0.15) is 0 Å². The number of aliphatic hydroxyl groups excluding tert-OH is 2. The summed E-state index contributed by atoms with van der Waals surface area (Å²) < 4.78 is 25.7. The van der Waals surface area contributed by atoms with Crippen molar-refractivity contribution in [2.24, 2.45) is 0 Å². The lowest BCUT2D eigenvalue weighted by Gasteiger charge is -2.41. The van der Waals surface area contributed by atoms with Crippen molar-refractivity contribution in [1.82, 2.24) is 40.4 Å². The molecule has 0 aromatic rings. The first kappa shape index (κ1) is 57.4. The molecule has 382 valence electrons. The third-order valence-electron chi connectivity index (χ3n) is 9.52. The average Bonchev–Trinajstić information content (AvgIpc) is 3.21. The fourth-order valence-electron chi connectivity index (χ4n) is 6.51. The highest BCUT2D eigenvalue weighted by Gasteiger charge is 2.43. The van der Waals surface area contributed by atoms with Crippen LogP contribution in [0.1, 0.15) is 83.1 Å². The number of fused-ring (bicyclic) bond motifs is 1. The molecule has 7 amide bonds. The first-order valence-electron chi connectivity index (χ1n) is 21.8. The second-order valence-corrected chi connectivity index (χ2v) is 19.8. The molecule has 0 saturated carbocycles. The quantitative estimate of drug-likeness (QED) is 0.147. The molecule has 6 N–H and O–H groups in total. The topological polar surface area (TPSA) is 313 Å². The van der Waals surface area contributed by atoms with Gasteiger partial charge in [0.1, 0.15) is 40.5 Å². The Kier molecular flexibility index (Phi) is 20.4. The van der Waals surface area contributed by atoms with Gasteiger partial charge in [-0.3, -0.25) is 24.2 Å². The van der Waals surface area contributed by atoms with Crippen LogP contribution in [0.3, 0.4) is 0 Å². The summed E-state index contributed by atoms with van der Waals surface area (Å²) in [5, 5.41) is 35.5. The summed E-state index contributed by atoms with van der Waals surface area (Å²) in [6.07, 6.45) is -2.65. The lowest BCUT2D eigenvalue weighted by molar-refractivity contribution is -0.151. The van der Waals surface area contributed by atoms with Gasteiger partial charge in [0, 0.05) is 45.8 Å². The maximum atomic E-state index is 12.9. The van der Waals surface area contributed by atoms with Crippen LogP contribution in [0.25, 0.3) is 0 Å². The second kappa shape index (κ2) is 23.9. The zero-order chi connectivity index (χ0) is 51.4. The normalized spacial score (nSPS) is 21.6. The Labute approximate surface area is 391 Å². The van der Waals surface area contributed by atoms with E-state index in [1.807, 2.05) is 0 Å². The molecule has 25 nitrogen and oxygen atoms in total. The minimum atomic E-state index is -1.31. The van der Waals surface area contributed by atoms with Crippen molar-refractivity contribution in [1.29, 1.82) is 0 Å². The molecular formula is C42H72N8O17. The van der Waals surface area contributed by atoms with Crippen LogP contribution in [0, 0.1) is 0 Å². The molecule has 4 aliphatic rings. The monoisotopic (exact) mass is 961 g/mol. The van der Waals surface area contributed by atoms with Gasteiger partial charge < -0.3 is 69.7 Å². The molecule has 0 aliphatic carbocycles. The molecule has 4 fully saturated rings. The molecule has 4 heterocycles. The number of nitrogens with zero attached hydrogens (tertiary/aromatic N) is 5. The molecule has 4 rings (SSSR count). The van der Waals surface area contributed by atoms with Crippen molar-refractivity contribution in [3.8, 4) is 0 Å². The molecule has 67 heavy (non-hydrogen) atoms. The number of piperazine rings is 4. The van der Waals surface area contributed by atoms with Gasteiger partial charge in [0.05, 0.1) is 33.4 Å². The Balaban J connectivity index is 0.000000366. The number of ether oxygens (including phenoxy) is 5. The van der Waals surface area contributed by atoms with Crippen LogP contribution in [0.15, 0.2) is 0 Å². The number of rotatable bonds is 6. The fourth-order valence-corrected chi connectivity index (χ4v) is 6.51. The van der Waals surface area contributed by atoms with Gasteiger partial charge >= 0.3 is 36.3 Å². The SMILES string of the molecule is CC(C)(C)OC(=O)N1CCN(C(=O)OC(C)(C)C)C(C(=O)O)C1.COC(=O)C(CO)NC(=O)C1CN(C(=O)OC(C)(C)C)CCN1C(=O)OC(C)(C)C.O=C1N[C@H](CO)C(=O)N2CCNCC12. The van der Waals surface area contributed by atoms with E-state index < -0.39 is 101 Å². The highest BCUT2D eigenvalue weighted by atomic mass is 16.6. The molecule has 0 bridgehead atoms. The van der Waals surface area contributed by atoms with Crippen molar-refractivity contribution in [3.05, 3.63) is 0 Å². The van der Waals surface area contributed by atoms with E-state index in [1.54, 1.807) is 83.1 Å². The van der Waals surface area contributed by atoms with E-state index in [4.69, 9.17) is 24.1 Å². The molecule has 4 unspecified atom stereocenters. The molecule has 4 saturated heterocycles. The van der Waals surface area contributed by atoms with E-state index in [0.29, 0.717) is 19.6 Å². The summed E-state index contributed by atoms with van der Waals surface area (Å²) in [6, 6.07) is -4.78. The highest BCUT2D eigenvalue weighted by Crippen LogP contribution is 2.21. The number of aliphatic carboxylic acids is 1. The summed E-state index contributed by atoms with van der Waals surface area (Å²) in [6.45, 7) is 21.4. The van der Waals surface area contributed by atoms with Crippen LogP contribution in [-0.4, -0.2) is 226 Å². The maximum absolute atomic E-state index is 12.9. The summed E-state index contributed by atoms with van der Waals surface area (Å²) >= 11 is 0. The van der Waals surface area contributed by atoms with Crippen LogP contribution < -0.4 is 16.0 Å². The summed E-state index contributed by atoms with van der Waals surface area (Å²) in [5.41, 5.74) is -2.91. The van der Waals surface area contributed by atoms with Gasteiger partial charge in [-0.05, 0) is 83.1 Å². The predicted octanol–water partition coefficient (Wildman–Crippen LogP) is -0.302. The summed E-state index contributed by atoms with van der Waals surface area (Å²) in [4.78, 5) is 115. The Morgan fingerprint density at radius 1 is 0.672 bits per heavy atom. The Bertz CT molecular complexity index is 1790. The van der Waals surface area contributed by atoms with Crippen molar-refractivity contribution in [2.45, 2.75) is 136 Å². The molecule has 25 heteroatoms. The molecular weight excluding hydrogens is 889 g/mol. The van der Waals surface area contributed by atoms with Gasteiger partial charge in [0.2, 0.25) is 17.7 Å². The number of carbonyl (C=O) groups is 9. The van der Waals surface area contributed by atoms with E-state index in [1.165, 1.54) is 19.6 Å². The summed E-state index contributed by atoms with van der Waals surface area (Å²) in [5.74, 6) is -3.13. The van der Waals surface area contributed by atoms with Crippen LogP contribution >= 0.6 is 0 Å². The van der Waals surface area contributed by atoms with Gasteiger partial charge in [0.15, 0.2) is 12.1 Å². The lowest BCUT2D eigenvalue weighted by Crippen LogP contribution is -2.69. The third kappa shape index (κ3) is 18.5. The second-order valence-electron chi connectivity index (χ2n) is 19.8. The lowest BCUT2D eigenvalue weighted by atomic mass is 10.1. The molecule has 0 spiro atoms. The highest BCUT2D eigenvalue weighted by molar-refractivity contribution is 5.97. The number of hydrogen-bond acceptors (Lipinski definition) is 17. The van der Waals surface area contributed by atoms with Gasteiger partial charge in [-0.25, -0.2) is 28.8 Å².